The van der Waals surface area contributed by atoms with Crippen LogP contribution in [0.5, 0.6) is 0 Å². The van der Waals surface area contributed by atoms with Crippen LogP contribution in [0, 0.1) is 39.9 Å². The number of methoxy groups -OCH3 is 1. The molecule has 0 radical (unpaired) electrons. The zero-order valence-corrected chi connectivity index (χ0v) is 36.9. The van der Waals surface area contributed by atoms with Crippen molar-refractivity contribution < 1.29 is 114 Å². The van der Waals surface area contributed by atoms with Gasteiger partial charge < -0.3 is 28.8 Å². The Hall–Kier alpha value is -3.67. The molecule has 0 aromatic heterocycles. The fourth-order valence-electron chi connectivity index (χ4n) is 6.43. The van der Waals surface area contributed by atoms with Gasteiger partial charge in [0.1, 0.15) is 12.2 Å². The lowest BCUT2D eigenvalue weighted by molar-refractivity contribution is -0.408. The van der Waals surface area contributed by atoms with Crippen molar-refractivity contribution in [3.05, 3.63) is 0 Å². The number of alkyl halides is 14. The molecule has 25 heteroatoms. The highest BCUT2D eigenvalue weighted by molar-refractivity contribution is 5.86. The molecule has 374 valence electrons. The third-order valence-electron chi connectivity index (χ3n) is 12.1. The van der Waals surface area contributed by atoms with Gasteiger partial charge in [-0.15, -0.1) is 0 Å². The molecular weight excluding hydrogens is 910 g/mol. The highest BCUT2D eigenvalue weighted by atomic mass is 19.4. The summed E-state index contributed by atoms with van der Waals surface area (Å²) < 4.78 is 201. The second-order valence-electron chi connectivity index (χ2n) is 18.0. The molecule has 3 rings (SSSR count). The molecule has 1 aliphatic heterocycles. The van der Waals surface area contributed by atoms with Crippen molar-refractivity contribution in [3.63, 3.8) is 0 Å². The smallest absolute Gasteiger partial charge is 0.430 e. The molecule has 11 nitrogen and oxygen atoms in total. The second kappa shape index (κ2) is 19.3. The van der Waals surface area contributed by atoms with Gasteiger partial charge in [0.25, 0.3) is 5.60 Å². The average molecular weight is 965 g/mol. The zero-order chi connectivity index (χ0) is 51.0. The maximum absolute atomic E-state index is 13.1. The van der Waals surface area contributed by atoms with E-state index >= 15 is 0 Å². The van der Waals surface area contributed by atoms with Gasteiger partial charge in [0.05, 0.1) is 35.2 Å². The molecule has 2 saturated carbocycles. The van der Waals surface area contributed by atoms with Gasteiger partial charge in [0.2, 0.25) is 0 Å². The predicted molar refractivity (Wildman–Crippen MR) is 192 cm³/mol. The maximum Gasteiger partial charge on any atom is 0.430 e. The van der Waals surface area contributed by atoms with Crippen molar-refractivity contribution in [2.24, 2.45) is 39.9 Å². The van der Waals surface area contributed by atoms with Crippen molar-refractivity contribution >= 4 is 29.8 Å². The number of hydrogen-bond acceptors (Lipinski definition) is 11. The van der Waals surface area contributed by atoms with E-state index < -0.39 is 113 Å². The molecule has 0 aromatic carbocycles. The Bertz CT molecular complexity index is 1680. The van der Waals surface area contributed by atoms with Crippen LogP contribution in [0.2, 0.25) is 0 Å². The largest absolute Gasteiger partial charge is 0.469 e. The van der Waals surface area contributed by atoms with Crippen LogP contribution in [0.3, 0.4) is 0 Å². The monoisotopic (exact) mass is 964 g/mol. The van der Waals surface area contributed by atoms with E-state index in [2.05, 4.69) is 9.47 Å². The first kappa shape index (κ1) is 58.3. The molecule has 1 heterocycles. The van der Waals surface area contributed by atoms with Crippen molar-refractivity contribution in [1.29, 1.82) is 0 Å². The SMILES string of the molecule is CCC(C)(C)C(=O)OC(C)(C)C(O)(C(F)(F)F)C(F)(F)F.CCC(C)(C)C(=O)OC1C2CC3C1OC(=O)C3C2C(=O)OC.CCC(C)(C)C(=O)OCC(F)(F)C(F)(F)C(F)(F)C(F)F. The van der Waals surface area contributed by atoms with E-state index in [4.69, 9.17) is 14.2 Å². The minimum atomic E-state index is -6.37. The lowest BCUT2D eigenvalue weighted by atomic mass is 9.78. The number of carbonyl (C=O) groups is 5. The van der Waals surface area contributed by atoms with Crippen molar-refractivity contribution in [1.82, 2.24) is 0 Å². The standard InChI is InChI=1S/C16H22O6.C12H18F6O3.C11H14F8O2/c1-5-16(2,3)15(19)22-12-7-6-8-10(9(7)13(17)20-4)14(18)21-11(8)12;1-6-8(2,3)7(19)21-9(4,5)10(20,11(13,14)15)12(16,17)18;1-4-8(2,3)7(20)21-5-9(14,15)11(18,19)10(16,17)6(12)13/h7-12H,5-6H2,1-4H3;20H,6H2,1-5H3;6H,4-5H2,1-3H3. The van der Waals surface area contributed by atoms with Crippen molar-refractivity contribution in [3.8, 4) is 0 Å². The van der Waals surface area contributed by atoms with Gasteiger partial charge in [-0.2, -0.15) is 52.7 Å². The van der Waals surface area contributed by atoms with Crippen LogP contribution in [0.1, 0.15) is 102 Å². The summed E-state index contributed by atoms with van der Waals surface area (Å²) >= 11 is 0. The molecule has 0 amide bonds. The summed E-state index contributed by atoms with van der Waals surface area (Å²) in [4.78, 5) is 59.5. The van der Waals surface area contributed by atoms with Gasteiger partial charge in [-0.3, -0.25) is 24.0 Å². The van der Waals surface area contributed by atoms with Crippen LogP contribution in [-0.2, 0) is 47.7 Å². The van der Waals surface area contributed by atoms with Crippen LogP contribution >= 0.6 is 0 Å². The molecule has 2 aliphatic carbocycles. The van der Waals surface area contributed by atoms with E-state index in [-0.39, 0.29) is 36.6 Å². The topological polar surface area (TPSA) is 152 Å². The summed E-state index contributed by atoms with van der Waals surface area (Å²) in [6.45, 7) is 12.0. The van der Waals surface area contributed by atoms with Gasteiger partial charge in [0.15, 0.2) is 12.2 Å². The Balaban J connectivity index is 0.000000481. The summed E-state index contributed by atoms with van der Waals surface area (Å²) in [6.07, 6.45) is -16.5. The molecule has 3 aliphatic rings. The fraction of sp³-hybridized carbons (Fsp3) is 0.872. The molecule has 6 atom stereocenters. The lowest BCUT2D eigenvalue weighted by Crippen LogP contribution is -2.70. The number of aliphatic hydroxyl groups is 1. The Morgan fingerprint density at radius 2 is 1.12 bits per heavy atom. The van der Waals surface area contributed by atoms with E-state index in [1.54, 1.807) is 0 Å². The highest BCUT2D eigenvalue weighted by Crippen LogP contribution is 2.59. The van der Waals surface area contributed by atoms with Gasteiger partial charge in [-0.1, -0.05) is 20.8 Å². The number of hydrogen-bond donors (Lipinski definition) is 1. The number of halogens is 14. The molecule has 0 spiro atoms. The molecule has 6 unspecified atom stereocenters. The molecular formula is C39H54F14O11. The Morgan fingerprint density at radius 1 is 0.703 bits per heavy atom. The second-order valence-corrected chi connectivity index (χ2v) is 18.0. The first-order valence-electron chi connectivity index (χ1n) is 19.6. The van der Waals surface area contributed by atoms with Gasteiger partial charge in [-0.25, -0.2) is 8.78 Å². The van der Waals surface area contributed by atoms with Crippen LogP contribution in [0.4, 0.5) is 61.5 Å². The van der Waals surface area contributed by atoms with Crippen molar-refractivity contribution in [2.75, 3.05) is 13.7 Å². The van der Waals surface area contributed by atoms with Gasteiger partial charge >= 0.3 is 66.4 Å². The summed E-state index contributed by atoms with van der Waals surface area (Å²) in [7, 11) is 1.31. The molecule has 3 fully saturated rings. The van der Waals surface area contributed by atoms with Crippen LogP contribution in [0.25, 0.3) is 0 Å². The number of carbonyl (C=O) groups excluding carboxylic acids is 5. The highest BCUT2D eigenvalue weighted by Gasteiger charge is 2.79. The first-order chi connectivity index (χ1) is 28.4. The third-order valence-corrected chi connectivity index (χ3v) is 12.1. The van der Waals surface area contributed by atoms with E-state index in [0.717, 1.165) is 0 Å². The molecule has 1 N–H and O–H groups in total. The molecule has 64 heavy (non-hydrogen) atoms. The maximum atomic E-state index is 13.1. The normalized spacial score (nSPS) is 23.0. The first-order valence-corrected chi connectivity index (χ1v) is 19.6. The minimum Gasteiger partial charge on any atom is -0.469 e. The summed E-state index contributed by atoms with van der Waals surface area (Å²) in [5.41, 5.74) is -11.6. The van der Waals surface area contributed by atoms with E-state index in [9.17, 15) is 90.5 Å². The summed E-state index contributed by atoms with van der Waals surface area (Å²) in [5, 5.41) is 9.27. The molecule has 0 aromatic rings. The minimum absolute atomic E-state index is 0.0378. The quantitative estimate of drug-likeness (QED) is 0.0951. The number of ether oxygens (including phenoxy) is 5. The van der Waals surface area contributed by atoms with Gasteiger partial charge in [0, 0.05) is 11.8 Å². The third kappa shape index (κ3) is 11.1. The van der Waals surface area contributed by atoms with Crippen LogP contribution in [0.15, 0.2) is 0 Å². The van der Waals surface area contributed by atoms with Crippen LogP contribution < -0.4 is 0 Å². The molecule has 1 saturated heterocycles. The summed E-state index contributed by atoms with van der Waals surface area (Å²) in [5.74, 6) is -23.2. The van der Waals surface area contributed by atoms with E-state index in [1.807, 2.05) is 20.8 Å². The van der Waals surface area contributed by atoms with Gasteiger partial charge in [-0.05, 0) is 81.1 Å². The Kier molecular flexibility index (Phi) is 17.6. The number of esters is 5. The number of fused-ring (bicyclic) bond motifs is 1. The molecule has 2 bridgehead atoms. The fourth-order valence-corrected chi connectivity index (χ4v) is 6.43. The summed E-state index contributed by atoms with van der Waals surface area (Å²) in [6, 6.07) is 0. The van der Waals surface area contributed by atoms with Crippen molar-refractivity contribution in [2.45, 2.75) is 162 Å². The van der Waals surface area contributed by atoms with Crippen LogP contribution in [-0.4, -0.2) is 109 Å². The predicted octanol–water partition coefficient (Wildman–Crippen LogP) is 9.05. The zero-order valence-electron chi connectivity index (χ0n) is 36.9. The van der Waals surface area contributed by atoms with E-state index in [0.29, 0.717) is 26.7 Å². The Labute approximate surface area is 359 Å². The lowest BCUT2D eigenvalue weighted by Gasteiger charge is -2.44. The average Bonchev–Trinajstić information content (AvgIpc) is 3.79. The Morgan fingerprint density at radius 3 is 1.52 bits per heavy atom. The number of rotatable bonds is 15. The van der Waals surface area contributed by atoms with E-state index in [1.165, 1.54) is 48.7 Å².